The monoisotopic (exact) mass is 285 g/mol. The van der Waals surface area contributed by atoms with Crippen molar-refractivity contribution in [1.29, 1.82) is 0 Å². The molecule has 1 aromatic rings. The molecular weight excluding hydrogens is 270 g/mol. The Hall–Kier alpha value is -1.54. The molecule has 0 saturated heterocycles. The molecule has 1 atom stereocenters. The van der Waals surface area contributed by atoms with E-state index in [1.807, 2.05) is 0 Å². The second kappa shape index (κ2) is 4.86. The number of rotatable bonds is 3. The number of sulfone groups is 1. The maximum atomic E-state index is 11.5. The van der Waals surface area contributed by atoms with E-state index in [1.165, 1.54) is 6.92 Å². The Balaban J connectivity index is 2.59. The smallest absolute Gasteiger partial charge is 0.354 e. The quantitative estimate of drug-likeness (QED) is 0.799. The van der Waals surface area contributed by atoms with Crippen molar-refractivity contribution in [2.45, 2.75) is 25.1 Å². The van der Waals surface area contributed by atoms with Gasteiger partial charge in [0.05, 0.1) is 5.69 Å². The molecule has 0 fully saturated rings. The minimum atomic E-state index is -3.36. The van der Waals surface area contributed by atoms with Crippen LogP contribution in [0.2, 0.25) is 0 Å². The van der Waals surface area contributed by atoms with Crippen LogP contribution in [-0.2, 0) is 22.8 Å². The molecule has 8 heteroatoms. The highest BCUT2D eigenvalue weighted by molar-refractivity contribution is 7.90. The van der Waals surface area contributed by atoms with Crippen molar-refractivity contribution >= 4 is 15.8 Å². The lowest BCUT2D eigenvalue weighted by Crippen LogP contribution is -2.29. The van der Waals surface area contributed by atoms with Gasteiger partial charge in [-0.3, -0.25) is 0 Å². The summed E-state index contributed by atoms with van der Waals surface area (Å²) in [6.07, 6.45) is 1.66. The van der Waals surface area contributed by atoms with Crippen molar-refractivity contribution in [3.05, 3.63) is 22.8 Å². The summed E-state index contributed by atoms with van der Waals surface area (Å²) in [5, 5.41) is 11.3. The summed E-state index contributed by atoms with van der Waals surface area (Å²) in [6, 6.07) is 0. The summed E-state index contributed by atoms with van der Waals surface area (Å²) in [7, 11) is -3.36. The second-order valence-electron chi connectivity index (χ2n) is 4.56. The number of hydrogen-bond donors (Lipinski definition) is 2. The number of nitrogens with one attached hydrogen (secondary N) is 1. The fraction of sp³-hybridized carbons (Fsp3) is 0.545. The van der Waals surface area contributed by atoms with Crippen molar-refractivity contribution in [2.75, 3.05) is 12.8 Å². The standard InChI is InChI=1S/C11H15N3O4S/c1-6(19(2,17)18)10-13-8-3-4-12-5-7(8)9(14-10)11(15)16/h6,12H,3-5H2,1-2H3,(H,15,16). The van der Waals surface area contributed by atoms with E-state index in [0.29, 0.717) is 30.8 Å². The van der Waals surface area contributed by atoms with Crippen LogP contribution in [-0.4, -0.2) is 42.3 Å². The van der Waals surface area contributed by atoms with Crippen LogP contribution in [0.3, 0.4) is 0 Å². The number of aromatic carboxylic acids is 1. The van der Waals surface area contributed by atoms with Crippen LogP contribution >= 0.6 is 0 Å². The van der Waals surface area contributed by atoms with E-state index in [4.69, 9.17) is 0 Å². The third-order valence-electron chi connectivity index (χ3n) is 3.16. The predicted octanol–water partition coefficient (Wildman–Crippen LogP) is -0.0739. The number of carbonyl (C=O) groups is 1. The highest BCUT2D eigenvalue weighted by atomic mass is 32.2. The Kier molecular flexibility index (Phi) is 3.55. The van der Waals surface area contributed by atoms with Gasteiger partial charge in [-0.15, -0.1) is 0 Å². The molecule has 2 heterocycles. The molecule has 1 aliphatic heterocycles. The molecular formula is C11H15N3O4S. The van der Waals surface area contributed by atoms with Crippen LogP contribution in [0, 0.1) is 0 Å². The zero-order chi connectivity index (χ0) is 14.2. The SMILES string of the molecule is CC(c1nc2c(c(C(=O)O)n1)CNCC2)S(C)(=O)=O. The van der Waals surface area contributed by atoms with Crippen molar-refractivity contribution < 1.29 is 18.3 Å². The highest BCUT2D eigenvalue weighted by Gasteiger charge is 2.26. The zero-order valence-corrected chi connectivity index (χ0v) is 11.5. The maximum Gasteiger partial charge on any atom is 0.354 e. The fourth-order valence-corrected chi connectivity index (χ4v) is 2.40. The molecule has 104 valence electrons. The van der Waals surface area contributed by atoms with E-state index in [9.17, 15) is 18.3 Å². The van der Waals surface area contributed by atoms with E-state index < -0.39 is 21.1 Å². The van der Waals surface area contributed by atoms with Gasteiger partial charge in [0.1, 0.15) is 11.1 Å². The Morgan fingerprint density at radius 2 is 2.11 bits per heavy atom. The number of carboxylic acids is 1. The first-order chi connectivity index (χ1) is 8.80. The summed E-state index contributed by atoms with van der Waals surface area (Å²) < 4.78 is 23.1. The average Bonchev–Trinajstić information content (AvgIpc) is 2.35. The molecule has 1 unspecified atom stereocenters. The Morgan fingerprint density at radius 3 is 2.68 bits per heavy atom. The van der Waals surface area contributed by atoms with Gasteiger partial charge in [-0.1, -0.05) is 0 Å². The molecule has 1 aromatic heterocycles. The molecule has 7 nitrogen and oxygen atoms in total. The van der Waals surface area contributed by atoms with Gasteiger partial charge in [0.15, 0.2) is 15.5 Å². The minimum Gasteiger partial charge on any atom is -0.476 e. The average molecular weight is 285 g/mol. The zero-order valence-electron chi connectivity index (χ0n) is 10.7. The summed E-state index contributed by atoms with van der Waals surface area (Å²) in [6.45, 7) is 2.55. The number of nitrogens with zero attached hydrogens (tertiary/aromatic N) is 2. The summed E-state index contributed by atoms with van der Waals surface area (Å²) in [4.78, 5) is 19.4. The van der Waals surface area contributed by atoms with Crippen molar-refractivity contribution in [2.24, 2.45) is 0 Å². The Labute approximate surface area is 111 Å². The second-order valence-corrected chi connectivity index (χ2v) is 6.93. The molecule has 0 aliphatic carbocycles. The normalized spacial score (nSPS) is 16.7. The first-order valence-corrected chi connectivity index (χ1v) is 7.78. The van der Waals surface area contributed by atoms with E-state index in [1.54, 1.807) is 0 Å². The molecule has 2 N–H and O–H groups in total. The number of fused-ring (bicyclic) bond motifs is 1. The topological polar surface area (TPSA) is 109 Å². The molecule has 0 bridgehead atoms. The molecule has 0 saturated carbocycles. The van der Waals surface area contributed by atoms with Crippen LogP contribution in [0.25, 0.3) is 0 Å². The van der Waals surface area contributed by atoms with Crippen LogP contribution in [0.15, 0.2) is 0 Å². The molecule has 0 amide bonds. The van der Waals surface area contributed by atoms with Crippen molar-refractivity contribution in [3.8, 4) is 0 Å². The van der Waals surface area contributed by atoms with E-state index in [0.717, 1.165) is 6.26 Å². The Morgan fingerprint density at radius 1 is 1.42 bits per heavy atom. The lowest BCUT2D eigenvalue weighted by atomic mass is 10.1. The molecule has 2 rings (SSSR count). The minimum absolute atomic E-state index is 0.0561. The molecule has 0 spiro atoms. The van der Waals surface area contributed by atoms with E-state index >= 15 is 0 Å². The van der Waals surface area contributed by atoms with Gasteiger partial charge in [0.25, 0.3) is 0 Å². The molecule has 19 heavy (non-hydrogen) atoms. The van der Waals surface area contributed by atoms with Gasteiger partial charge in [-0.2, -0.15) is 0 Å². The van der Waals surface area contributed by atoms with Gasteiger partial charge in [-0.05, 0) is 6.92 Å². The maximum absolute atomic E-state index is 11.5. The largest absolute Gasteiger partial charge is 0.476 e. The first kappa shape index (κ1) is 13.9. The van der Waals surface area contributed by atoms with Crippen LogP contribution in [0.4, 0.5) is 0 Å². The summed E-state index contributed by atoms with van der Waals surface area (Å²) in [5.74, 6) is -1.11. The van der Waals surface area contributed by atoms with E-state index in [-0.39, 0.29) is 11.5 Å². The lowest BCUT2D eigenvalue weighted by Gasteiger charge is -2.19. The van der Waals surface area contributed by atoms with E-state index in [2.05, 4.69) is 15.3 Å². The molecule has 1 aliphatic rings. The van der Waals surface area contributed by atoms with Crippen LogP contribution in [0.5, 0.6) is 0 Å². The third-order valence-corrected chi connectivity index (χ3v) is 4.65. The lowest BCUT2D eigenvalue weighted by molar-refractivity contribution is 0.0687. The molecule has 0 aromatic carbocycles. The van der Waals surface area contributed by atoms with Gasteiger partial charge in [0, 0.05) is 31.3 Å². The first-order valence-electron chi connectivity index (χ1n) is 5.83. The van der Waals surface area contributed by atoms with Gasteiger partial charge in [-0.25, -0.2) is 23.2 Å². The number of aromatic nitrogens is 2. The number of carboxylic acid groups (broad SMARTS) is 1. The summed E-state index contributed by atoms with van der Waals surface area (Å²) >= 11 is 0. The fourth-order valence-electron chi connectivity index (χ4n) is 1.91. The number of hydrogen-bond acceptors (Lipinski definition) is 6. The van der Waals surface area contributed by atoms with Crippen LogP contribution in [0.1, 0.15) is 39.7 Å². The molecule has 0 radical (unpaired) electrons. The van der Waals surface area contributed by atoms with Crippen LogP contribution < -0.4 is 5.32 Å². The van der Waals surface area contributed by atoms with Gasteiger partial charge in [0.2, 0.25) is 0 Å². The van der Waals surface area contributed by atoms with Crippen molar-refractivity contribution in [1.82, 2.24) is 15.3 Å². The highest BCUT2D eigenvalue weighted by Crippen LogP contribution is 2.22. The predicted molar refractivity (Wildman–Crippen MR) is 67.7 cm³/mol. The van der Waals surface area contributed by atoms with Crippen molar-refractivity contribution in [3.63, 3.8) is 0 Å². The van der Waals surface area contributed by atoms with Gasteiger partial charge < -0.3 is 10.4 Å². The Bertz CT molecular complexity index is 627. The van der Waals surface area contributed by atoms with Gasteiger partial charge >= 0.3 is 5.97 Å². The third kappa shape index (κ3) is 2.74. The summed E-state index contributed by atoms with van der Waals surface area (Å²) in [5.41, 5.74) is 1.06.